The van der Waals surface area contributed by atoms with Crippen LogP contribution in [0.15, 0.2) is 71.5 Å². The highest BCUT2D eigenvalue weighted by atomic mass is 35.5. The van der Waals surface area contributed by atoms with Crippen LogP contribution in [-0.2, 0) is 6.18 Å². The van der Waals surface area contributed by atoms with Gasteiger partial charge in [0.2, 0.25) is 0 Å². The Labute approximate surface area is 219 Å². The summed E-state index contributed by atoms with van der Waals surface area (Å²) in [7, 11) is 0. The van der Waals surface area contributed by atoms with Gasteiger partial charge in [-0.1, -0.05) is 29.8 Å². The average Bonchev–Trinajstić information content (AvgIpc) is 2.89. The number of nitrogens with one attached hydrogen (secondary N) is 1. The van der Waals surface area contributed by atoms with Crippen LogP contribution in [0.4, 0.5) is 18.9 Å². The first-order chi connectivity index (χ1) is 17.6. The Morgan fingerprint density at radius 1 is 0.946 bits per heavy atom. The fourth-order valence-corrected chi connectivity index (χ4v) is 4.91. The molecule has 1 amide bonds. The Bertz CT molecular complexity index is 1610. The molecule has 5 rings (SSSR count). The number of carbonyl (C=O) groups is 1. The van der Waals surface area contributed by atoms with Crippen LogP contribution in [0, 0.1) is 4.77 Å². The highest BCUT2D eigenvalue weighted by Crippen LogP contribution is 2.33. The smallest absolute Gasteiger partial charge is 0.368 e. The van der Waals surface area contributed by atoms with Crippen LogP contribution in [0.25, 0.3) is 16.6 Å². The molecule has 37 heavy (non-hydrogen) atoms. The lowest BCUT2D eigenvalue weighted by molar-refractivity contribution is -0.137. The lowest BCUT2D eigenvalue weighted by Gasteiger charge is -2.36. The van der Waals surface area contributed by atoms with E-state index in [2.05, 4.69) is 9.88 Å². The molecule has 0 saturated carbocycles. The van der Waals surface area contributed by atoms with Gasteiger partial charge in [-0.15, -0.1) is 0 Å². The maximum absolute atomic E-state index is 13.3. The lowest BCUT2D eigenvalue weighted by Crippen LogP contribution is -2.48. The largest absolute Gasteiger partial charge is 0.416 e. The molecule has 1 aromatic heterocycles. The number of alkyl halides is 3. The van der Waals surface area contributed by atoms with Crippen molar-refractivity contribution in [1.82, 2.24) is 14.5 Å². The Balaban J connectivity index is 1.44. The van der Waals surface area contributed by atoms with Crippen LogP contribution < -0.4 is 10.5 Å². The number of carbonyl (C=O) groups excluding carboxylic acids is 1. The van der Waals surface area contributed by atoms with Crippen molar-refractivity contribution >= 4 is 46.3 Å². The van der Waals surface area contributed by atoms with E-state index in [1.54, 1.807) is 4.90 Å². The SMILES string of the molecule is O=C(c1ccc2c(=O)n(-c3cc(C(F)(F)F)ccc3Cl)c(=S)[nH]c2c1)N1CCN(c2ccccc2)CC1. The van der Waals surface area contributed by atoms with Gasteiger partial charge in [0.25, 0.3) is 11.5 Å². The number of aromatic amines is 1. The van der Waals surface area contributed by atoms with Crippen LogP contribution in [0.1, 0.15) is 15.9 Å². The van der Waals surface area contributed by atoms with Crippen molar-refractivity contribution in [1.29, 1.82) is 0 Å². The summed E-state index contributed by atoms with van der Waals surface area (Å²) in [5, 5.41) is 0.0999. The van der Waals surface area contributed by atoms with Crippen molar-refractivity contribution in [2.75, 3.05) is 31.1 Å². The number of para-hydroxylation sites is 1. The van der Waals surface area contributed by atoms with Gasteiger partial charge in [0.15, 0.2) is 4.77 Å². The minimum Gasteiger partial charge on any atom is -0.368 e. The highest BCUT2D eigenvalue weighted by molar-refractivity contribution is 7.71. The number of rotatable bonds is 3. The van der Waals surface area contributed by atoms with Gasteiger partial charge in [-0.25, -0.2) is 0 Å². The molecule has 1 aliphatic heterocycles. The summed E-state index contributed by atoms with van der Waals surface area (Å²) in [5.74, 6) is -0.181. The Morgan fingerprint density at radius 3 is 2.32 bits per heavy atom. The first kappa shape index (κ1) is 25.0. The second-order valence-electron chi connectivity index (χ2n) is 8.61. The Kier molecular flexibility index (Phi) is 6.55. The number of halogens is 4. The van der Waals surface area contributed by atoms with Gasteiger partial charge in [-0.3, -0.25) is 14.2 Å². The summed E-state index contributed by atoms with van der Waals surface area (Å²) >= 11 is 11.4. The monoisotopic (exact) mass is 544 g/mol. The molecule has 1 saturated heterocycles. The van der Waals surface area contributed by atoms with E-state index in [1.165, 1.54) is 18.2 Å². The third kappa shape index (κ3) is 4.86. The minimum absolute atomic E-state index is 0.0598. The molecule has 1 aliphatic rings. The summed E-state index contributed by atoms with van der Waals surface area (Å²) < 4.78 is 40.5. The number of hydrogen-bond acceptors (Lipinski definition) is 4. The van der Waals surface area contributed by atoms with Gasteiger partial charge >= 0.3 is 6.18 Å². The maximum Gasteiger partial charge on any atom is 0.416 e. The molecule has 0 bridgehead atoms. The van der Waals surface area contributed by atoms with Crippen LogP contribution in [0.5, 0.6) is 0 Å². The average molecular weight is 545 g/mol. The summed E-state index contributed by atoms with van der Waals surface area (Å²) in [4.78, 5) is 33.3. The van der Waals surface area contributed by atoms with Crippen molar-refractivity contribution in [3.05, 3.63) is 98.0 Å². The predicted octanol–water partition coefficient (Wildman–Crippen LogP) is 5.68. The predicted molar refractivity (Wildman–Crippen MR) is 139 cm³/mol. The number of amides is 1. The number of benzene rings is 3. The van der Waals surface area contributed by atoms with Gasteiger partial charge in [0, 0.05) is 37.4 Å². The van der Waals surface area contributed by atoms with Crippen LogP contribution in [0.3, 0.4) is 0 Å². The van der Waals surface area contributed by atoms with Gasteiger partial charge < -0.3 is 14.8 Å². The number of anilines is 1. The van der Waals surface area contributed by atoms with Gasteiger partial charge in [-0.2, -0.15) is 13.2 Å². The Hall–Kier alpha value is -3.63. The van der Waals surface area contributed by atoms with Crippen LogP contribution >= 0.6 is 23.8 Å². The zero-order chi connectivity index (χ0) is 26.3. The second-order valence-corrected chi connectivity index (χ2v) is 9.40. The van der Waals surface area contributed by atoms with E-state index >= 15 is 0 Å². The molecule has 2 heterocycles. The first-order valence-electron chi connectivity index (χ1n) is 11.4. The fourth-order valence-electron chi connectivity index (χ4n) is 4.42. The molecule has 0 spiro atoms. The molecule has 0 aliphatic carbocycles. The van der Waals surface area contributed by atoms with E-state index in [0.717, 1.165) is 28.5 Å². The van der Waals surface area contributed by atoms with E-state index in [1.807, 2.05) is 30.3 Å². The highest BCUT2D eigenvalue weighted by Gasteiger charge is 2.31. The quantitative estimate of drug-likeness (QED) is 0.337. The molecule has 3 aromatic carbocycles. The zero-order valence-electron chi connectivity index (χ0n) is 19.3. The van der Waals surface area contributed by atoms with Crippen molar-refractivity contribution in [3.63, 3.8) is 0 Å². The first-order valence-corrected chi connectivity index (χ1v) is 12.2. The van der Waals surface area contributed by atoms with Crippen molar-refractivity contribution in [3.8, 4) is 5.69 Å². The number of hydrogen-bond donors (Lipinski definition) is 1. The van der Waals surface area contributed by atoms with Gasteiger partial charge in [-0.05, 0) is 60.7 Å². The zero-order valence-corrected chi connectivity index (χ0v) is 20.8. The van der Waals surface area contributed by atoms with Crippen molar-refractivity contribution < 1.29 is 18.0 Å². The molecule has 1 fully saturated rings. The molecule has 0 radical (unpaired) electrons. The summed E-state index contributed by atoms with van der Waals surface area (Å²) in [6.07, 6.45) is -4.62. The number of piperazine rings is 1. The van der Waals surface area contributed by atoms with E-state index in [4.69, 9.17) is 23.8 Å². The third-order valence-electron chi connectivity index (χ3n) is 6.35. The van der Waals surface area contributed by atoms with E-state index in [-0.39, 0.29) is 26.8 Å². The molecule has 1 N–H and O–H groups in total. The lowest BCUT2D eigenvalue weighted by atomic mass is 10.1. The Morgan fingerprint density at radius 2 is 1.65 bits per heavy atom. The van der Waals surface area contributed by atoms with Crippen LogP contribution in [-0.4, -0.2) is 46.5 Å². The van der Waals surface area contributed by atoms with E-state index < -0.39 is 17.3 Å². The molecule has 4 aromatic rings. The van der Waals surface area contributed by atoms with Crippen molar-refractivity contribution in [2.45, 2.75) is 6.18 Å². The van der Waals surface area contributed by atoms with E-state index in [9.17, 15) is 22.8 Å². The summed E-state index contributed by atoms with van der Waals surface area (Å²) in [6, 6.07) is 17.2. The molecular formula is C26H20ClF3N4O2S. The maximum atomic E-state index is 13.3. The standard InChI is InChI=1S/C26H20ClF3N4O2S/c27-20-9-7-17(26(28,29)30)15-22(20)34-24(36)19-8-6-16(14-21(19)31-25(34)37)23(35)33-12-10-32(11-13-33)18-4-2-1-3-5-18/h1-9,14-15H,10-13H2,(H,31,37). The molecule has 0 atom stereocenters. The van der Waals surface area contributed by atoms with Gasteiger partial charge in [0.1, 0.15) is 0 Å². The van der Waals surface area contributed by atoms with Crippen LogP contribution in [0.2, 0.25) is 5.02 Å². The topological polar surface area (TPSA) is 61.3 Å². The van der Waals surface area contributed by atoms with Crippen molar-refractivity contribution in [2.24, 2.45) is 0 Å². The number of nitrogens with zero attached hydrogens (tertiary/aromatic N) is 3. The number of H-pyrrole nitrogens is 1. The number of aromatic nitrogens is 2. The molecular weight excluding hydrogens is 525 g/mol. The normalized spacial score (nSPS) is 14.3. The molecule has 6 nitrogen and oxygen atoms in total. The summed E-state index contributed by atoms with van der Waals surface area (Å²) in [6.45, 7) is 2.46. The minimum atomic E-state index is -4.62. The third-order valence-corrected chi connectivity index (χ3v) is 6.95. The summed E-state index contributed by atoms with van der Waals surface area (Å²) in [5.41, 5.74) is 0.00634. The number of fused-ring (bicyclic) bond motifs is 1. The second kappa shape index (κ2) is 9.68. The molecule has 11 heteroatoms. The molecule has 0 unspecified atom stereocenters. The molecule has 190 valence electrons. The van der Waals surface area contributed by atoms with E-state index in [0.29, 0.717) is 37.3 Å². The fraction of sp³-hybridized carbons (Fsp3) is 0.192. The van der Waals surface area contributed by atoms with Gasteiger partial charge in [0.05, 0.1) is 27.2 Å².